The molecule has 1 N–H and O–H groups in total. The fourth-order valence-corrected chi connectivity index (χ4v) is 4.36. The number of halogens is 2. The summed E-state index contributed by atoms with van der Waals surface area (Å²) >= 11 is 6.24. The van der Waals surface area contributed by atoms with Crippen molar-refractivity contribution >= 4 is 39.9 Å². The summed E-state index contributed by atoms with van der Waals surface area (Å²) in [6, 6.07) is 11.5. The van der Waals surface area contributed by atoms with E-state index in [9.17, 15) is 9.18 Å². The lowest BCUT2D eigenvalue weighted by Crippen LogP contribution is -2.38. The number of hydrogen-bond acceptors (Lipinski definition) is 6. The highest BCUT2D eigenvalue weighted by Gasteiger charge is 2.18. The first-order valence-corrected chi connectivity index (χ1v) is 12.5. The molecule has 0 radical (unpaired) electrons. The molecule has 7 nitrogen and oxygen atoms in total. The third-order valence-electron chi connectivity index (χ3n) is 6.02. The molecule has 1 fully saturated rings. The van der Waals surface area contributed by atoms with Gasteiger partial charge in [-0.15, -0.1) is 0 Å². The highest BCUT2D eigenvalue weighted by atomic mass is 35.5. The van der Waals surface area contributed by atoms with Gasteiger partial charge in [0.2, 0.25) is 5.91 Å². The normalized spacial score (nSPS) is 14.3. The number of benzene rings is 2. The lowest BCUT2D eigenvalue weighted by Gasteiger charge is -2.29. The molecule has 1 aromatic heterocycles. The van der Waals surface area contributed by atoms with Gasteiger partial charge in [0.25, 0.3) is 0 Å². The molecule has 35 heavy (non-hydrogen) atoms. The number of amides is 1. The van der Waals surface area contributed by atoms with E-state index in [2.05, 4.69) is 20.1 Å². The fourth-order valence-electron chi connectivity index (χ4n) is 4.19. The van der Waals surface area contributed by atoms with Crippen molar-refractivity contribution in [2.24, 2.45) is 0 Å². The van der Waals surface area contributed by atoms with Crippen molar-refractivity contribution in [2.45, 2.75) is 26.2 Å². The number of carbonyl (C=O) groups is 1. The fraction of sp³-hybridized carbons (Fsp3) is 0.423. The number of rotatable bonds is 10. The van der Waals surface area contributed by atoms with Crippen LogP contribution in [0.1, 0.15) is 25.6 Å². The zero-order valence-corrected chi connectivity index (χ0v) is 20.7. The van der Waals surface area contributed by atoms with Crippen LogP contribution < -0.4 is 10.2 Å². The maximum absolute atomic E-state index is 13.5. The smallest absolute Gasteiger partial charge is 0.226 e. The molecule has 186 valence electrons. The number of morpholine rings is 1. The summed E-state index contributed by atoms with van der Waals surface area (Å²) in [7, 11) is 0. The molecular weight excluding hydrogens is 469 g/mol. The third kappa shape index (κ3) is 7.10. The van der Waals surface area contributed by atoms with Gasteiger partial charge in [-0.1, -0.05) is 24.6 Å². The van der Waals surface area contributed by atoms with E-state index in [0.29, 0.717) is 23.7 Å². The molecule has 1 aliphatic heterocycles. The van der Waals surface area contributed by atoms with E-state index in [-0.39, 0.29) is 18.1 Å². The van der Waals surface area contributed by atoms with E-state index in [1.165, 1.54) is 12.1 Å². The topological polar surface area (TPSA) is 70.6 Å². The minimum atomic E-state index is -0.384. The summed E-state index contributed by atoms with van der Waals surface area (Å²) in [6.45, 7) is 7.58. The molecular formula is C26H31ClFN5O2. The second kappa shape index (κ2) is 12.2. The molecule has 0 atom stereocenters. The predicted molar refractivity (Wildman–Crippen MR) is 138 cm³/mol. The summed E-state index contributed by atoms with van der Waals surface area (Å²) in [5, 5.41) is 4.32. The Kier molecular flexibility index (Phi) is 8.84. The first-order valence-electron chi connectivity index (χ1n) is 12.1. The Hall–Kier alpha value is -2.81. The molecule has 0 bridgehead atoms. The number of aryl methyl sites for hydroxylation is 1. The summed E-state index contributed by atoms with van der Waals surface area (Å²) in [5.41, 5.74) is 1.24. The largest absolute Gasteiger partial charge is 0.379 e. The average Bonchev–Trinajstić information content (AvgIpc) is 2.86. The Morgan fingerprint density at radius 3 is 2.77 bits per heavy atom. The van der Waals surface area contributed by atoms with Crippen LogP contribution in [0.2, 0.25) is 5.02 Å². The maximum Gasteiger partial charge on any atom is 0.226 e. The number of ether oxygens (including phenoxy) is 1. The van der Waals surface area contributed by atoms with Crippen LogP contribution in [0.5, 0.6) is 0 Å². The third-order valence-corrected chi connectivity index (χ3v) is 6.26. The molecule has 4 rings (SSSR count). The van der Waals surface area contributed by atoms with Crippen molar-refractivity contribution in [1.29, 1.82) is 0 Å². The number of hydrogen-bond donors (Lipinski definition) is 1. The lowest BCUT2D eigenvalue weighted by molar-refractivity contribution is -0.116. The molecule has 9 heteroatoms. The molecule has 0 saturated carbocycles. The van der Waals surface area contributed by atoms with Crippen molar-refractivity contribution in [2.75, 3.05) is 56.2 Å². The Morgan fingerprint density at radius 1 is 1.17 bits per heavy atom. The van der Waals surface area contributed by atoms with E-state index in [4.69, 9.17) is 21.3 Å². The number of aromatic nitrogens is 2. The predicted octanol–water partition coefficient (Wildman–Crippen LogP) is 4.54. The second-order valence-electron chi connectivity index (χ2n) is 8.58. The van der Waals surface area contributed by atoms with E-state index in [0.717, 1.165) is 68.4 Å². The van der Waals surface area contributed by atoms with Crippen LogP contribution in [0.15, 0.2) is 42.5 Å². The summed E-state index contributed by atoms with van der Waals surface area (Å²) in [6.07, 6.45) is 1.86. The van der Waals surface area contributed by atoms with Gasteiger partial charge < -0.3 is 15.0 Å². The van der Waals surface area contributed by atoms with Crippen LogP contribution in [0.25, 0.3) is 10.9 Å². The summed E-state index contributed by atoms with van der Waals surface area (Å²) in [4.78, 5) is 26.7. The molecule has 0 spiro atoms. The number of nitrogens with one attached hydrogen (secondary N) is 1. The molecule has 2 aromatic carbocycles. The van der Waals surface area contributed by atoms with Crippen LogP contribution in [0.4, 0.5) is 15.9 Å². The Morgan fingerprint density at radius 2 is 2.00 bits per heavy atom. The zero-order valence-electron chi connectivity index (χ0n) is 20.0. The van der Waals surface area contributed by atoms with Crippen LogP contribution in [-0.4, -0.2) is 66.7 Å². The first-order chi connectivity index (χ1) is 17.0. The highest BCUT2D eigenvalue weighted by molar-refractivity contribution is 6.31. The van der Waals surface area contributed by atoms with Gasteiger partial charge in [-0.2, -0.15) is 0 Å². The molecule has 2 heterocycles. The van der Waals surface area contributed by atoms with Gasteiger partial charge in [0, 0.05) is 61.7 Å². The van der Waals surface area contributed by atoms with Gasteiger partial charge in [-0.05, 0) is 42.8 Å². The number of carbonyl (C=O) groups excluding carboxylic acids is 1. The van der Waals surface area contributed by atoms with Crippen molar-refractivity contribution in [3.8, 4) is 0 Å². The monoisotopic (exact) mass is 499 g/mol. The van der Waals surface area contributed by atoms with Gasteiger partial charge in [0.15, 0.2) is 0 Å². The van der Waals surface area contributed by atoms with Gasteiger partial charge in [0.05, 0.1) is 18.7 Å². The minimum Gasteiger partial charge on any atom is -0.379 e. The average molecular weight is 500 g/mol. The zero-order chi connectivity index (χ0) is 24.6. The molecule has 0 aliphatic carbocycles. The molecule has 1 amide bonds. The Bertz CT molecular complexity index is 1160. The summed E-state index contributed by atoms with van der Waals surface area (Å²) in [5.74, 6) is 0.984. The number of fused-ring (bicyclic) bond motifs is 1. The minimum absolute atomic E-state index is 0.175. The van der Waals surface area contributed by atoms with E-state index < -0.39 is 0 Å². The van der Waals surface area contributed by atoms with Crippen molar-refractivity contribution in [3.05, 3.63) is 59.1 Å². The standard InChI is InChI=1S/C26H31ClFN5O2/c1-2-24-30-23-17-19(27)7-8-22(23)26(31-24)33(11-4-10-32-13-15-35-16-14-32)12-9-25(34)29-21-6-3-5-20(28)18-21/h3,5-8,17-18H,2,4,9-16H2,1H3,(H,29,34). The first kappa shape index (κ1) is 25.3. The summed E-state index contributed by atoms with van der Waals surface area (Å²) < 4.78 is 19.0. The van der Waals surface area contributed by atoms with E-state index >= 15 is 0 Å². The molecule has 3 aromatic rings. The number of anilines is 2. The van der Waals surface area contributed by atoms with E-state index in [1.807, 2.05) is 25.1 Å². The highest BCUT2D eigenvalue weighted by Crippen LogP contribution is 2.27. The van der Waals surface area contributed by atoms with Crippen molar-refractivity contribution in [3.63, 3.8) is 0 Å². The van der Waals surface area contributed by atoms with Gasteiger partial charge in [-0.3, -0.25) is 9.69 Å². The van der Waals surface area contributed by atoms with Gasteiger partial charge in [-0.25, -0.2) is 14.4 Å². The van der Waals surface area contributed by atoms with Crippen LogP contribution >= 0.6 is 11.6 Å². The van der Waals surface area contributed by atoms with Crippen molar-refractivity contribution < 1.29 is 13.9 Å². The Labute approximate surface area is 210 Å². The number of nitrogens with zero attached hydrogens (tertiary/aromatic N) is 4. The lowest BCUT2D eigenvalue weighted by atomic mass is 10.2. The van der Waals surface area contributed by atoms with Crippen LogP contribution in [0, 0.1) is 5.82 Å². The van der Waals surface area contributed by atoms with Crippen LogP contribution in [0.3, 0.4) is 0 Å². The molecule has 1 saturated heterocycles. The second-order valence-corrected chi connectivity index (χ2v) is 9.02. The maximum atomic E-state index is 13.5. The molecule has 0 unspecified atom stereocenters. The van der Waals surface area contributed by atoms with Gasteiger partial charge >= 0.3 is 0 Å². The molecule has 1 aliphatic rings. The van der Waals surface area contributed by atoms with E-state index in [1.54, 1.807) is 12.1 Å². The van der Waals surface area contributed by atoms with Gasteiger partial charge in [0.1, 0.15) is 17.5 Å². The quantitative estimate of drug-likeness (QED) is 0.441. The van der Waals surface area contributed by atoms with Crippen LogP contribution in [-0.2, 0) is 16.0 Å². The van der Waals surface area contributed by atoms with Crippen molar-refractivity contribution in [1.82, 2.24) is 14.9 Å². The SMILES string of the molecule is CCc1nc(N(CCCN2CCOCC2)CCC(=O)Nc2cccc(F)c2)c2ccc(Cl)cc2n1. The Balaban J connectivity index is 1.52.